The summed E-state index contributed by atoms with van der Waals surface area (Å²) in [5.41, 5.74) is 3.93. The summed E-state index contributed by atoms with van der Waals surface area (Å²) in [5.74, 6) is 0.747. The number of hydrazone groups is 1. The van der Waals surface area contributed by atoms with Gasteiger partial charge in [0.15, 0.2) is 0 Å². The molecule has 0 unspecified atom stereocenters. The Morgan fingerprint density at radius 2 is 1.29 bits per heavy atom. The molecule has 0 saturated heterocycles. The predicted molar refractivity (Wildman–Crippen MR) is 135 cm³/mol. The molecular formula is C26H20Br2N2O. The fraction of sp³-hybridized carbons (Fsp3) is 0.0385. The van der Waals surface area contributed by atoms with E-state index in [0.29, 0.717) is 6.61 Å². The van der Waals surface area contributed by atoms with Crippen LogP contribution < -0.4 is 9.75 Å². The Morgan fingerprint density at radius 1 is 0.742 bits per heavy atom. The highest BCUT2D eigenvalue weighted by Gasteiger charge is 2.12. The summed E-state index contributed by atoms with van der Waals surface area (Å²) in [6.07, 6.45) is 1.83. The van der Waals surface area contributed by atoms with Gasteiger partial charge in [-0.3, -0.25) is 0 Å². The fourth-order valence-corrected chi connectivity index (χ4v) is 4.47. The minimum Gasteiger partial charge on any atom is -0.487 e. The number of rotatable bonds is 7. The molecule has 4 rings (SSSR count). The third kappa shape index (κ3) is 5.63. The second-order valence-corrected chi connectivity index (χ2v) is 8.58. The number of para-hydroxylation sites is 2. The SMILES string of the molecule is Brc1cc(Br)c(OCc2ccccc2)c(/C=N\N(c2ccccc2)c2ccccc2)c1. The van der Waals surface area contributed by atoms with Crippen molar-refractivity contribution < 1.29 is 4.74 Å². The Morgan fingerprint density at radius 3 is 1.87 bits per heavy atom. The zero-order chi connectivity index (χ0) is 21.5. The van der Waals surface area contributed by atoms with Gasteiger partial charge in [0.05, 0.1) is 22.1 Å². The van der Waals surface area contributed by atoms with Crippen molar-refractivity contribution in [2.45, 2.75) is 6.61 Å². The van der Waals surface area contributed by atoms with Crippen LogP contribution in [0.5, 0.6) is 5.75 Å². The molecular weight excluding hydrogens is 516 g/mol. The molecule has 0 heterocycles. The van der Waals surface area contributed by atoms with E-state index in [9.17, 15) is 0 Å². The van der Waals surface area contributed by atoms with Gasteiger partial charge in [0.2, 0.25) is 0 Å². The average Bonchev–Trinajstić information content (AvgIpc) is 2.80. The van der Waals surface area contributed by atoms with Gasteiger partial charge in [-0.05, 0) is 57.9 Å². The van der Waals surface area contributed by atoms with Gasteiger partial charge < -0.3 is 4.74 Å². The van der Waals surface area contributed by atoms with Crippen LogP contribution in [0.4, 0.5) is 11.4 Å². The highest BCUT2D eigenvalue weighted by Crippen LogP contribution is 2.33. The van der Waals surface area contributed by atoms with Crippen LogP contribution in [0.25, 0.3) is 0 Å². The first-order valence-corrected chi connectivity index (χ1v) is 11.4. The van der Waals surface area contributed by atoms with E-state index in [-0.39, 0.29) is 0 Å². The highest BCUT2D eigenvalue weighted by atomic mass is 79.9. The van der Waals surface area contributed by atoms with E-state index in [1.807, 2.05) is 114 Å². The van der Waals surface area contributed by atoms with Crippen molar-refractivity contribution >= 4 is 49.4 Å². The molecule has 0 saturated carbocycles. The molecule has 0 spiro atoms. The summed E-state index contributed by atoms with van der Waals surface area (Å²) in [7, 11) is 0. The first-order chi connectivity index (χ1) is 15.2. The zero-order valence-corrected chi connectivity index (χ0v) is 19.8. The minimum atomic E-state index is 0.475. The number of ether oxygens (including phenoxy) is 1. The summed E-state index contributed by atoms with van der Waals surface area (Å²) in [5, 5.41) is 6.73. The van der Waals surface area contributed by atoms with Crippen molar-refractivity contribution in [3.8, 4) is 5.75 Å². The topological polar surface area (TPSA) is 24.8 Å². The van der Waals surface area contributed by atoms with Gasteiger partial charge in [0.25, 0.3) is 0 Å². The maximum atomic E-state index is 6.18. The molecule has 0 radical (unpaired) electrons. The molecule has 31 heavy (non-hydrogen) atoms. The van der Waals surface area contributed by atoms with Crippen LogP contribution in [0.1, 0.15) is 11.1 Å². The molecule has 0 aliphatic carbocycles. The number of benzene rings is 4. The fourth-order valence-electron chi connectivity index (χ4n) is 3.10. The molecule has 0 amide bonds. The van der Waals surface area contributed by atoms with E-state index in [1.165, 1.54) is 0 Å². The maximum absolute atomic E-state index is 6.18. The van der Waals surface area contributed by atoms with E-state index in [2.05, 4.69) is 31.9 Å². The number of halogens is 2. The molecule has 0 atom stereocenters. The van der Waals surface area contributed by atoms with E-state index >= 15 is 0 Å². The summed E-state index contributed by atoms with van der Waals surface area (Å²) in [4.78, 5) is 0. The van der Waals surface area contributed by atoms with Crippen LogP contribution in [0.2, 0.25) is 0 Å². The lowest BCUT2D eigenvalue weighted by molar-refractivity contribution is 0.304. The molecule has 4 aromatic carbocycles. The standard InChI is InChI=1S/C26H20Br2N2O/c27-22-16-21(26(25(28)17-22)31-19-20-10-4-1-5-11-20)18-29-30(23-12-6-2-7-13-23)24-14-8-3-9-15-24/h1-18H,19H2/b29-18-. The predicted octanol–water partition coefficient (Wildman–Crippen LogP) is 7.96. The van der Waals surface area contributed by atoms with Gasteiger partial charge >= 0.3 is 0 Å². The number of nitrogens with zero attached hydrogens (tertiary/aromatic N) is 2. The van der Waals surface area contributed by atoms with Crippen molar-refractivity contribution in [3.63, 3.8) is 0 Å². The molecule has 0 fully saturated rings. The molecule has 5 heteroatoms. The molecule has 0 aliphatic rings. The summed E-state index contributed by atoms with van der Waals surface area (Å²) in [6, 6.07) is 34.3. The third-order valence-corrected chi connectivity index (χ3v) is 5.62. The lowest BCUT2D eigenvalue weighted by Gasteiger charge is -2.19. The van der Waals surface area contributed by atoms with Gasteiger partial charge in [-0.1, -0.05) is 82.7 Å². The molecule has 4 aromatic rings. The normalized spacial score (nSPS) is 10.9. The molecule has 3 nitrogen and oxygen atoms in total. The smallest absolute Gasteiger partial charge is 0.142 e. The van der Waals surface area contributed by atoms with Gasteiger partial charge in [0, 0.05) is 10.0 Å². The van der Waals surface area contributed by atoms with Gasteiger partial charge in [-0.2, -0.15) is 5.10 Å². The number of hydrogen-bond donors (Lipinski definition) is 0. The Labute approximate surface area is 199 Å². The maximum Gasteiger partial charge on any atom is 0.142 e. The second-order valence-electron chi connectivity index (χ2n) is 6.81. The quantitative estimate of drug-likeness (QED) is 0.177. The summed E-state index contributed by atoms with van der Waals surface area (Å²) in [6.45, 7) is 0.475. The highest BCUT2D eigenvalue weighted by molar-refractivity contribution is 9.11. The summed E-state index contributed by atoms with van der Waals surface area (Å²) < 4.78 is 7.98. The van der Waals surface area contributed by atoms with Crippen LogP contribution in [0.15, 0.2) is 117 Å². The van der Waals surface area contributed by atoms with Crippen LogP contribution in [0, 0.1) is 0 Å². The Kier molecular flexibility index (Phi) is 7.18. The van der Waals surface area contributed by atoms with Crippen LogP contribution in [-0.2, 0) is 6.61 Å². The second kappa shape index (κ2) is 10.4. The van der Waals surface area contributed by atoms with E-state index in [1.54, 1.807) is 0 Å². The van der Waals surface area contributed by atoms with Crippen molar-refractivity contribution in [1.82, 2.24) is 0 Å². The largest absolute Gasteiger partial charge is 0.487 e. The molecule has 0 aliphatic heterocycles. The van der Waals surface area contributed by atoms with Crippen molar-refractivity contribution in [1.29, 1.82) is 0 Å². The first-order valence-electron chi connectivity index (χ1n) is 9.81. The van der Waals surface area contributed by atoms with Crippen LogP contribution >= 0.6 is 31.9 Å². The number of anilines is 2. The Bertz CT molecular complexity index is 1110. The summed E-state index contributed by atoms with van der Waals surface area (Å²) >= 11 is 7.22. The van der Waals surface area contributed by atoms with Crippen molar-refractivity contribution in [2.24, 2.45) is 5.10 Å². The van der Waals surface area contributed by atoms with E-state index in [0.717, 1.165) is 37.2 Å². The average molecular weight is 536 g/mol. The Balaban J connectivity index is 1.67. The molecule has 154 valence electrons. The zero-order valence-electron chi connectivity index (χ0n) is 16.7. The first kappa shape index (κ1) is 21.3. The van der Waals surface area contributed by atoms with Crippen LogP contribution in [0.3, 0.4) is 0 Å². The van der Waals surface area contributed by atoms with Crippen LogP contribution in [-0.4, -0.2) is 6.21 Å². The lowest BCUT2D eigenvalue weighted by atomic mass is 10.2. The van der Waals surface area contributed by atoms with Gasteiger partial charge in [-0.15, -0.1) is 0 Å². The monoisotopic (exact) mass is 534 g/mol. The third-order valence-electron chi connectivity index (χ3n) is 4.58. The lowest BCUT2D eigenvalue weighted by Crippen LogP contribution is -2.09. The Hall–Kier alpha value is -2.89. The van der Waals surface area contributed by atoms with E-state index in [4.69, 9.17) is 9.84 Å². The van der Waals surface area contributed by atoms with Gasteiger partial charge in [-0.25, -0.2) is 5.01 Å². The van der Waals surface area contributed by atoms with Crippen molar-refractivity contribution in [3.05, 3.63) is 123 Å². The molecule has 0 bridgehead atoms. The minimum absolute atomic E-state index is 0.475. The van der Waals surface area contributed by atoms with E-state index < -0.39 is 0 Å². The molecule has 0 aromatic heterocycles. The van der Waals surface area contributed by atoms with Gasteiger partial charge in [0.1, 0.15) is 12.4 Å². The molecule has 0 N–H and O–H groups in total. The van der Waals surface area contributed by atoms with Crippen molar-refractivity contribution in [2.75, 3.05) is 5.01 Å². The number of hydrogen-bond acceptors (Lipinski definition) is 3.